The first-order valence-corrected chi connectivity index (χ1v) is 6.76. The van der Waals surface area contributed by atoms with Crippen molar-refractivity contribution in [1.29, 1.82) is 0 Å². The number of rotatable bonds is 5. The summed E-state index contributed by atoms with van der Waals surface area (Å²) in [5, 5.41) is 9.86. The van der Waals surface area contributed by atoms with Gasteiger partial charge in [-0.05, 0) is 17.7 Å². The Bertz CT molecular complexity index is 684. The molecule has 1 heterocycles. The third-order valence-corrected chi connectivity index (χ3v) is 3.17. The van der Waals surface area contributed by atoms with Crippen LogP contribution in [0.25, 0.3) is 0 Å². The number of aromatic nitrogens is 3. The van der Waals surface area contributed by atoms with Crippen LogP contribution < -0.4 is 16.8 Å². The van der Waals surface area contributed by atoms with Crippen molar-refractivity contribution in [3.05, 3.63) is 40.0 Å². The van der Waals surface area contributed by atoms with Crippen molar-refractivity contribution in [2.45, 2.75) is 13.1 Å². The second kappa shape index (κ2) is 6.35. The molecule has 21 heavy (non-hydrogen) atoms. The number of anilines is 1. The molecule has 0 fully saturated rings. The summed E-state index contributed by atoms with van der Waals surface area (Å²) in [4.78, 5) is 22.8. The molecule has 5 N–H and O–H groups in total. The topological polar surface area (TPSA) is 129 Å². The first kappa shape index (κ1) is 15.0. The van der Waals surface area contributed by atoms with E-state index in [-0.39, 0.29) is 24.0 Å². The molecule has 1 aromatic heterocycles. The standard InChI is InChI=1S/C12H13BrN6O2/c13-8-3-1-2-7(4-8)5-16-9(20)6-19-11(14)10(12(15)21)17-18-19/h1-4H,5-6,14H2,(H2,15,21)(H,16,20). The van der Waals surface area contributed by atoms with E-state index in [4.69, 9.17) is 11.5 Å². The number of carbonyl (C=O) groups is 2. The third-order valence-electron chi connectivity index (χ3n) is 2.68. The van der Waals surface area contributed by atoms with Gasteiger partial charge >= 0.3 is 0 Å². The first-order valence-electron chi connectivity index (χ1n) is 5.97. The molecular weight excluding hydrogens is 340 g/mol. The molecule has 0 saturated heterocycles. The number of amides is 2. The Morgan fingerprint density at radius 1 is 1.38 bits per heavy atom. The maximum atomic E-state index is 11.8. The zero-order valence-corrected chi connectivity index (χ0v) is 12.5. The molecular formula is C12H13BrN6O2. The fraction of sp³-hybridized carbons (Fsp3) is 0.167. The molecule has 0 spiro atoms. The molecule has 0 atom stereocenters. The van der Waals surface area contributed by atoms with Crippen LogP contribution in [0.15, 0.2) is 28.7 Å². The highest BCUT2D eigenvalue weighted by Gasteiger charge is 2.16. The van der Waals surface area contributed by atoms with Crippen molar-refractivity contribution < 1.29 is 9.59 Å². The van der Waals surface area contributed by atoms with E-state index in [0.29, 0.717) is 6.54 Å². The first-order chi connectivity index (χ1) is 9.97. The highest BCUT2D eigenvalue weighted by molar-refractivity contribution is 9.10. The summed E-state index contributed by atoms with van der Waals surface area (Å²) in [5.41, 5.74) is 11.5. The molecule has 8 nitrogen and oxygen atoms in total. The zero-order chi connectivity index (χ0) is 15.4. The quantitative estimate of drug-likeness (QED) is 0.699. The molecule has 0 unspecified atom stereocenters. The van der Waals surface area contributed by atoms with Crippen molar-refractivity contribution in [3.63, 3.8) is 0 Å². The predicted molar refractivity (Wildman–Crippen MR) is 78.9 cm³/mol. The average molecular weight is 353 g/mol. The lowest BCUT2D eigenvalue weighted by atomic mass is 10.2. The van der Waals surface area contributed by atoms with Crippen LogP contribution in [-0.2, 0) is 17.9 Å². The van der Waals surface area contributed by atoms with Crippen LogP contribution in [-0.4, -0.2) is 26.8 Å². The number of hydrogen-bond acceptors (Lipinski definition) is 5. The minimum absolute atomic E-state index is 0.0277. The second-order valence-electron chi connectivity index (χ2n) is 4.25. The van der Waals surface area contributed by atoms with Crippen LogP contribution in [0.2, 0.25) is 0 Å². The lowest BCUT2D eigenvalue weighted by Gasteiger charge is -2.06. The van der Waals surface area contributed by atoms with Crippen molar-refractivity contribution in [3.8, 4) is 0 Å². The Morgan fingerprint density at radius 3 is 2.76 bits per heavy atom. The van der Waals surface area contributed by atoms with Crippen molar-refractivity contribution in [2.24, 2.45) is 5.73 Å². The summed E-state index contributed by atoms with van der Waals surface area (Å²) in [6, 6.07) is 7.56. The van der Waals surface area contributed by atoms with E-state index in [1.807, 2.05) is 24.3 Å². The van der Waals surface area contributed by atoms with Gasteiger partial charge in [-0.25, -0.2) is 4.68 Å². The van der Waals surface area contributed by atoms with E-state index in [0.717, 1.165) is 14.7 Å². The van der Waals surface area contributed by atoms with Gasteiger partial charge in [0, 0.05) is 11.0 Å². The Balaban J connectivity index is 1.95. The Kier molecular flexibility index (Phi) is 4.53. The second-order valence-corrected chi connectivity index (χ2v) is 5.17. The monoisotopic (exact) mass is 352 g/mol. The molecule has 2 rings (SSSR count). The molecule has 110 valence electrons. The van der Waals surface area contributed by atoms with Crippen LogP contribution in [0.1, 0.15) is 16.1 Å². The highest BCUT2D eigenvalue weighted by Crippen LogP contribution is 2.11. The number of nitrogens with two attached hydrogens (primary N) is 2. The molecule has 9 heteroatoms. The summed E-state index contributed by atoms with van der Waals surface area (Å²) in [6.45, 7) is 0.232. The molecule has 0 radical (unpaired) electrons. The van der Waals surface area contributed by atoms with Crippen molar-refractivity contribution in [1.82, 2.24) is 20.3 Å². The van der Waals surface area contributed by atoms with E-state index in [2.05, 4.69) is 31.6 Å². The Morgan fingerprint density at radius 2 is 2.14 bits per heavy atom. The molecule has 0 aliphatic heterocycles. The van der Waals surface area contributed by atoms with Gasteiger partial charge in [-0.3, -0.25) is 9.59 Å². The van der Waals surface area contributed by atoms with Gasteiger partial charge in [-0.2, -0.15) is 0 Å². The predicted octanol–water partition coefficient (Wildman–Crippen LogP) is 0.0381. The average Bonchev–Trinajstić information content (AvgIpc) is 2.78. The summed E-state index contributed by atoms with van der Waals surface area (Å²) in [7, 11) is 0. The number of carbonyl (C=O) groups excluding carboxylic acids is 2. The molecule has 0 bridgehead atoms. The Hall–Kier alpha value is -2.42. The van der Waals surface area contributed by atoms with Gasteiger partial charge in [0.2, 0.25) is 5.91 Å². The van der Waals surface area contributed by atoms with Crippen LogP contribution in [0.4, 0.5) is 5.82 Å². The fourth-order valence-corrected chi connectivity index (χ4v) is 2.10. The number of benzene rings is 1. The maximum Gasteiger partial charge on any atom is 0.273 e. The number of primary amides is 1. The van der Waals surface area contributed by atoms with Gasteiger partial charge in [0.05, 0.1) is 0 Å². The summed E-state index contributed by atoms with van der Waals surface area (Å²) in [6.07, 6.45) is 0. The number of nitrogens with zero attached hydrogens (tertiary/aromatic N) is 3. The molecule has 0 aliphatic rings. The van der Waals surface area contributed by atoms with Gasteiger partial charge in [0.25, 0.3) is 5.91 Å². The SMILES string of the molecule is NC(=O)c1nnn(CC(=O)NCc2cccc(Br)c2)c1N. The van der Waals surface area contributed by atoms with Gasteiger partial charge in [0.15, 0.2) is 11.5 Å². The van der Waals surface area contributed by atoms with Crippen molar-refractivity contribution >= 4 is 33.6 Å². The zero-order valence-electron chi connectivity index (χ0n) is 10.9. The minimum Gasteiger partial charge on any atom is -0.382 e. The normalized spacial score (nSPS) is 10.3. The summed E-state index contributed by atoms with van der Waals surface area (Å²) < 4.78 is 2.05. The third kappa shape index (κ3) is 3.78. The van der Waals surface area contributed by atoms with E-state index < -0.39 is 5.91 Å². The molecule has 2 aromatic rings. The van der Waals surface area contributed by atoms with Gasteiger partial charge in [0.1, 0.15) is 6.54 Å². The van der Waals surface area contributed by atoms with Crippen LogP contribution in [0.3, 0.4) is 0 Å². The minimum atomic E-state index is -0.784. The number of nitrogens with one attached hydrogen (secondary N) is 1. The van der Waals surface area contributed by atoms with E-state index in [1.54, 1.807) is 0 Å². The molecule has 2 amide bonds. The molecule has 0 aliphatic carbocycles. The maximum absolute atomic E-state index is 11.8. The number of nitrogen functional groups attached to an aromatic ring is 1. The lowest BCUT2D eigenvalue weighted by molar-refractivity contribution is -0.122. The van der Waals surface area contributed by atoms with Gasteiger partial charge in [-0.1, -0.05) is 33.3 Å². The van der Waals surface area contributed by atoms with Crippen molar-refractivity contribution in [2.75, 3.05) is 5.73 Å². The van der Waals surface area contributed by atoms with E-state index in [1.165, 1.54) is 0 Å². The van der Waals surface area contributed by atoms with Gasteiger partial charge < -0.3 is 16.8 Å². The van der Waals surface area contributed by atoms with Crippen LogP contribution in [0.5, 0.6) is 0 Å². The summed E-state index contributed by atoms with van der Waals surface area (Å²) >= 11 is 3.35. The fourth-order valence-electron chi connectivity index (χ4n) is 1.65. The van der Waals surface area contributed by atoms with E-state index >= 15 is 0 Å². The number of halogens is 1. The highest BCUT2D eigenvalue weighted by atomic mass is 79.9. The lowest BCUT2D eigenvalue weighted by Crippen LogP contribution is -2.28. The molecule has 0 saturated carbocycles. The van der Waals surface area contributed by atoms with Crippen LogP contribution >= 0.6 is 15.9 Å². The van der Waals surface area contributed by atoms with E-state index in [9.17, 15) is 9.59 Å². The Labute approximate surface area is 128 Å². The largest absolute Gasteiger partial charge is 0.382 e. The number of hydrogen-bond donors (Lipinski definition) is 3. The van der Waals surface area contributed by atoms with Gasteiger partial charge in [-0.15, -0.1) is 5.10 Å². The summed E-state index contributed by atoms with van der Waals surface area (Å²) in [5.74, 6) is -1.11. The van der Waals surface area contributed by atoms with Crippen LogP contribution in [0, 0.1) is 0 Å². The molecule has 1 aromatic carbocycles. The smallest absolute Gasteiger partial charge is 0.273 e.